The van der Waals surface area contributed by atoms with Crippen LogP contribution >= 0.6 is 15.9 Å². The molecule has 2 nitrogen and oxygen atoms in total. The fraction of sp³-hybridized carbons (Fsp3) is 0.0833. The summed E-state index contributed by atoms with van der Waals surface area (Å²) >= 11 is 3.08. The van der Waals surface area contributed by atoms with Crippen LogP contribution in [0.15, 0.2) is 35.4 Å². The van der Waals surface area contributed by atoms with Gasteiger partial charge in [0.05, 0.1) is 11.3 Å². The third-order valence-electron chi connectivity index (χ3n) is 2.51. The standard InChI is InChI=1S/C12H8BrF3N2/c1-6(12(14,15)16)11-7-3-2-4-9(17)8(7)5-10(13)18-11/h2-5H,1,17H2. The van der Waals surface area contributed by atoms with Crippen molar-refractivity contribution in [2.45, 2.75) is 6.18 Å². The van der Waals surface area contributed by atoms with Crippen LogP contribution in [-0.4, -0.2) is 11.2 Å². The molecule has 6 heteroatoms. The zero-order chi connectivity index (χ0) is 13.5. The van der Waals surface area contributed by atoms with Gasteiger partial charge in [-0.15, -0.1) is 0 Å². The van der Waals surface area contributed by atoms with Crippen molar-refractivity contribution in [3.63, 3.8) is 0 Å². The van der Waals surface area contributed by atoms with E-state index in [1.807, 2.05) is 0 Å². The number of benzene rings is 1. The molecule has 1 heterocycles. The van der Waals surface area contributed by atoms with Crippen molar-refractivity contribution in [1.29, 1.82) is 0 Å². The second-order valence-electron chi connectivity index (χ2n) is 3.71. The van der Waals surface area contributed by atoms with Gasteiger partial charge in [-0.05, 0) is 28.1 Å². The molecule has 0 aliphatic rings. The first-order valence-electron chi connectivity index (χ1n) is 4.92. The summed E-state index contributed by atoms with van der Waals surface area (Å²) in [4.78, 5) is 3.85. The molecule has 0 spiro atoms. The Morgan fingerprint density at radius 2 is 1.94 bits per heavy atom. The minimum atomic E-state index is -4.52. The summed E-state index contributed by atoms with van der Waals surface area (Å²) < 4.78 is 38.4. The molecule has 2 N–H and O–H groups in total. The second kappa shape index (κ2) is 4.28. The van der Waals surface area contributed by atoms with Crippen molar-refractivity contribution in [2.75, 3.05) is 5.73 Å². The van der Waals surface area contributed by atoms with Crippen molar-refractivity contribution in [3.8, 4) is 0 Å². The van der Waals surface area contributed by atoms with E-state index in [1.54, 1.807) is 18.2 Å². The number of aromatic nitrogens is 1. The normalized spacial score (nSPS) is 11.8. The van der Waals surface area contributed by atoms with E-state index < -0.39 is 11.7 Å². The highest BCUT2D eigenvalue weighted by Crippen LogP contribution is 2.36. The molecular formula is C12H8BrF3N2. The van der Waals surface area contributed by atoms with Crippen molar-refractivity contribution in [2.24, 2.45) is 0 Å². The Bertz CT molecular complexity index is 635. The lowest BCUT2D eigenvalue weighted by Crippen LogP contribution is -2.11. The fourth-order valence-electron chi connectivity index (χ4n) is 1.63. The molecule has 0 radical (unpaired) electrons. The monoisotopic (exact) mass is 316 g/mol. The number of nitrogens with zero attached hydrogens (tertiary/aromatic N) is 1. The molecule has 0 saturated carbocycles. The van der Waals surface area contributed by atoms with Gasteiger partial charge in [-0.25, -0.2) is 4.98 Å². The van der Waals surface area contributed by atoms with Gasteiger partial charge in [0.25, 0.3) is 0 Å². The van der Waals surface area contributed by atoms with Crippen LogP contribution in [0.1, 0.15) is 5.69 Å². The molecule has 0 amide bonds. The molecule has 1 aromatic carbocycles. The summed E-state index contributed by atoms with van der Waals surface area (Å²) in [5.41, 5.74) is 4.94. The molecule has 1 aromatic heterocycles. The predicted molar refractivity (Wildman–Crippen MR) is 68.9 cm³/mol. The van der Waals surface area contributed by atoms with Gasteiger partial charge in [-0.3, -0.25) is 0 Å². The average Bonchev–Trinajstić information content (AvgIpc) is 2.27. The number of hydrogen-bond acceptors (Lipinski definition) is 2. The maximum Gasteiger partial charge on any atom is 0.417 e. The third kappa shape index (κ3) is 2.20. The first-order valence-corrected chi connectivity index (χ1v) is 5.71. The molecule has 0 fully saturated rings. The smallest absolute Gasteiger partial charge is 0.398 e. The molecule has 0 aliphatic carbocycles. The molecule has 0 unspecified atom stereocenters. The van der Waals surface area contributed by atoms with Crippen molar-refractivity contribution in [3.05, 3.63) is 41.1 Å². The van der Waals surface area contributed by atoms with Crippen LogP contribution in [0, 0.1) is 0 Å². The lowest BCUT2D eigenvalue weighted by atomic mass is 10.0. The number of rotatable bonds is 1. The topological polar surface area (TPSA) is 38.9 Å². The number of allylic oxidation sites excluding steroid dienone is 1. The summed E-state index contributed by atoms with van der Waals surface area (Å²) in [5.74, 6) is 0. The molecule has 0 saturated heterocycles. The molecule has 0 atom stereocenters. The highest BCUT2D eigenvalue weighted by Gasteiger charge is 2.35. The molecular weight excluding hydrogens is 309 g/mol. The number of pyridine rings is 1. The maximum atomic E-state index is 12.7. The summed E-state index contributed by atoms with van der Waals surface area (Å²) in [6, 6.07) is 6.32. The largest absolute Gasteiger partial charge is 0.417 e. The second-order valence-corrected chi connectivity index (χ2v) is 4.52. The lowest BCUT2D eigenvalue weighted by molar-refractivity contribution is -0.0688. The Morgan fingerprint density at radius 3 is 2.56 bits per heavy atom. The first kappa shape index (κ1) is 12.9. The van der Waals surface area contributed by atoms with Crippen molar-refractivity contribution in [1.82, 2.24) is 4.98 Å². The quantitative estimate of drug-likeness (QED) is 0.634. The number of alkyl halides is 3. The van der Waals surface area contributed by atoms with Crippen LogP contribution in [0.4, 0.5) is 18.9 Å². The highest BCUT2D eigenvalue weighted by atomic mass is 79.9. The Labute approximate surface area is 109 Å². The minimum absolute atomic E-state index is 0.209. The Balaban J connectivity index is 2.79. The van der Waals surface area contributed by atoms with Crippen LogP contribution in [0.3, 0.4) is 0 Å². The minimum Gasteiger partial charge on any atom is -0.398 e. The fourth-order valence-corrected chi connectivity index (χ4v) is 2.04. The summed E-state index contributed by atoms with van der Waals surface area (Å²) in [5, 5.41) is 0.848. The SMILES string of the molecule is C=C(c1nc(Br)cc2c(N)cccc12)C(F)(F)F. The highest BCUT2D eigenvalue weighted by molar-refractivity contribution is 9.10. The van der Waals surface area contributed by atoms with E-state index in [4.69, 9.17) is 5.73 Å². The Morgan fingerprint density at radius 1 is 1.28 bits per heavy atom. The number of halogens is 4. The zero-order valence-electron chi connectivity index (χ0n) is 9.05. The van der Waals surface area contributed by atoms with Gasteiger partial charge in [-0.1, -0.05) is 18.7 Å². The van der Waals surface area contributed by atoms with E-state index in [9.17, 15) is 13.2 Å². The molecule has 0 aliphatic heterocycles. The van der Waals surface area contributed by atoms with E-state index in [2.05, 4.69) is 27.5 Å². The summed E-state index contributed by atoms with van der Waals surface area (Å²) in [6.45, 7) is 3.07. The number of anilines is 1. The van der Waals surface area contributed by atoms with Crippen LogP contribution in [0.2, 0.25) is 0 Å². The molecule has 94 valence electrons. The van der Waals surface area contributed by atoms with E-state index >= 15 is 0 Å². The number of nitrogen functional groups attached to an aromatic ring is 1. The zero-order valence-corrected chi connectivity index (χ0v) is 10.6. The van der Waals surface area contributed by atoms with Gasteiger partial charge in [0.1, 0.15) is 4.60 Å². The van der Waals surface area contributed by atoms with Crippen LogP contribution < -0.4 is 5.73 Å². The third-order valence-corrected chi connectivity index (χ3v) is 2.91. The van der Waals surface area contributed by atoms with Gasteiger partial charge in [-0.2, -0.15) is 13.2 Å². The summed E-state index contributed by atoms with van der Waals surface area (Å²) in [7, 11) is 0. The van der Waals surface area contributed by atoms with E-state index in [0.29, 0.717) is 16.5 Å². The van der Waals surface area contributed by atoms with Gasteiger partial charge >= 0.3 is 6.18 Å². The van der Waals surface area contributed by atoms with E-state index in [0.717, 1.165) is 0 Å². The number of nitrogens with two attached hydrogens (primary N) is 1. The van der Waals surface area contributed by atoms with Gasteiger partial charge < -0.3 is 5.73 Å². The Hall–Kier alpha value is -1.56. The molecule has 2 aromatic rings. The van der Waals surface area contributed by atoms with Crippen LogP contribution in [0.25, 0.3) is 16.3 Å². The van der Waals surface area contributed by atoms with E-state index in [1.165, 1.54) is 6.07 Å². The van der Waals surface area contributed by atoms with Gasteiger partial charge in [0.15, 0.2) is 0 Å². The van der Waals surface area contributed by atoms with Crippen molar-refractivity contribution < 1.29 is 13.2 Å². The Kier molecular flexibility index (Phi) is 3.06. The van der Waals surface area contributed by atoms with Crippen molar-refractivity contribution >= 4 is 38.0 Å². The average molecular weight is 317 g/mol. The molecule has 18 heavy (non-hydrogen) atoms. The lowest BCUT2D eigenvalue weighted by Gasteiger charge is -2.13. The number of hydrogen-bond donors (Lipinski definition) is 1. The molecule has 2 rings (SSSR count). The first-order chi connectivity index (χ1) is 8.30. The maximum absolute atomic E-state index is 12.7. The van der Waals surface area contributed by atoms with Crippen LogP contribution in [-0.2, 0) is 0 Å². The van der Waals surface area contributed by atoms with Crippen LogP contribution in [0.5, 0.6) is 0 Å². The summed E-state index contributed by atoms with van der Waals surface area (Å²) in [6.07, 6.45) is -4.52. The van der Waals surface area contributed by atoms with Gasteiger partial charge in [0.2, 0.25) is 0 Å². The van der Waals surface area contributed by atoms with E-state index in [-0.39, 0.29) is 10.3 Å². The number of fused-ring (bicyclic) bond motifs is 1. The van der Waals surface area contributed by atoms with Gasteiger partial charge in [0, 0.05) is 16.5 Å². The molecule has 0 bridgehead atoms. The predicted octanol–water partition coefficient (Wildman–Crippen LogP) is 4.16.